The number of piperidine rings is 1. The van der Waals surface area contributed by atoms with E-state index in [1.54, 1.807) is 36.4 Å². The quantitative estimate of drug-likeness (QED) is 0.708. The van der Waals surface area contributed by atoms with Gasteiger partial charge >= 0.3 is 0 Å². The summed E-state index contributed by atoms with van der Waals surface area (Å²) in [7, 11) is -3.68. The van der Waals surface area contributed by atoms with E-state index in [0.29, 0.717) is 17.2 Å². The van der Waals surface area contributed by atoms with E-state index in [0.717, 1.165) is 19.5 Å². The fraction of sp³-hybridized carbons (Fsp3) is 0.316. The maximum Gasteiger partial charge on any atom is 0.261 e. The van der Waals surface area contributed by atoms with E-state index >= 15 is 0 Å². The monoisotopic (exact) mass is 409 g/mol. The van der Waals surface area contributed by atoms with Crippen molar-refractivity contribution in [1.82, 2.24) is 10.6 Å². The van der Waals surface area contributed by atoms with Crippen LogP contribution in [0.3, 0.4) is 0 Å². The van der Waals surface area contributed by atoms with Gasteiger partial charge in [-0.3, -0.25) is 9.52 Å². The molecule has 0 spiro atoms. The summed E-state index contributed by atoms with van der Waals surface area (Å²) in [5.41, 5.74) is 0.948. The number of anilines is 1. The molecule has 1 amide bonds. The number of nitrogens with one attached hydrogen (secondary N) is 3. The number of para-hydroxylation sites is 1. The number of carbonyl (C=O) groups is 1. The van der Waals surface area contributed by atoms with Gasteiger partial charge in [0.15, 0.2) is 0 Å². The van der Waals surface area contributed by atoms with Gasteiger partial charge in [-0.05, 0) is 61.8 Å². The molecule has 1 heterocycles. The number of hydrogen-bond donors (Lipinski definition) is 3. The predicted octanol–water partition coefficient (Wildman–Crippen LogP) is 2.64. The van der Waals surface area contributed by atoms with E-state index in [2.05, 4.69) is 22.3 Å². The molecule has 1 aliphatic heterocycles. The predicted molar refractivity (Wildman–Crippen MR) is 109 cm³/mol. The van der Waals surface area contributed by atoms with E-state index in [9.17, 15) is 13.2 Å². The number of benzene rings is 2. The Morgan fingerprint density at radius 1 is 1.07 bits per heavy atom. The van der Waals surface area contributed by atoms with Crippen molar-refractivity contribution in [1.29, 1.82) is 0 Å². The second kappa shape index (κ2) is 9.21. The van der Waals surface area contributed by atoms with Gasteiger partial charge in [-0.1, -0.05) is 25.1 Å². The number of hydrogen-bond acceptors (Lipinski definition) is 4. The van der Waals surface area contributed by atoms with Crippen LogP contribution in [0.2, 0.25) is 0 Å². The third-order valence-electron chi connectivity index (χ3n) is 4.55. The summed E-state index contributed by atoms with van der Waals surface area (Å²) in [6.07, 6.45) is 0.889. The van der Waals surface area contributed by atoms with Crippen LogP contribution in [-0.2, 0) is 10.0 Å². The average molecular weight is 410 g/mol. The van der Waals surface area contributed by atoms with Gasteiger partial charge in [0.25, 0.3) is 15.9 Å². The summed E-state index contributed by atoms with van der Waals surface area (Å²) in [5.74, 6) is 0.186. The second-order valence-corrected chi connectivity index (χ2v) is 8.23. The van der Waals surface area contributed by atoms with Crippen molar-refractivity contribution in [2.45, 2.75) is 24.3 Å². The molecule has 1 aliphatic rings. The van der Waals surface area contributed by atoms with Gasteiger partial charge < -0.3 is 10.6 Å². The molecule has 6 nitrogen and oxygen atoms in total. The first-order chi connectivity index (χ1) is 12.5. The molecule has 1 fully saturated rings. The SMILES string of the molecule is CC1CNCCC1NC(=O)c1ccc(S(=O)(=O)Nc2ccccc2)cc1.Cl. The van der Waals surface area contributed by atoms with Gasteiger partial charge in [0.05, 0.1) is 4.90 Å². The second-order valence-electron chi connectivity index (χ2n) is 6.55. The lowest BCUT2D eigenvalue weighted by Crippen LogP contribution is -2.48. The topological polar surface area (TPSA) is 87.3 Å². The van der Waals surface area contributed by atoms with Crippen molar-refractivity contribution in [3.8, 4) is 0 Å². The van der Waals surface area contributed by atoms with Crippen LogP contribution >= 0.6 is 12.4 Å². The smallest absolute Gasteiger partial charge is 0.261 e. The van der Waals surface area contributed by atoms with Crippen LogP contribution in [-0.4, -0.2) is 33.5 Å². The lowest BCUT2D eigenvalue weighted by molar-refractivity contribution is 0.0914. The zero-order chi connectivity index (χ0) is 18.6. The van der Waals surface area contributed by atoms with Gasteiger partial charge in [0, 0.05) is 17.3 Å². The summed E-state index contributed by atoms with van der Waals surface area (Å²) < 4.78 is 27.4. The Morgan fingerprint density at radius 2 is 1.74 bits per heavy atom. The Hall–Kier alpha value is -2.09. The molecule has 0 aliphatic carbocycles. The fourth-order valence-electron chi connectivity index (χ4n) is 2.99. The summed E-state index contributed by atoms with van der Waals surface area (Å²) >= 11 is 0. The molecular formula is C19H24ClN3O3S. The Bertz CT molecular complexity index is 858. The molecule has 27 heavy (non-hydrogen) atoms. The van der Waals surface area contributed by atoms with Crippen LogP contribution in [0.1, 0.15) is 23.7 Å². The molecule has 0 aromatic heterocycles. The first-order valence-corrected chi connectivity index (χ1v) is 10.1. The number of amides is 1. The van der Waals surface area contributed by atoms with Crippen molar-refractivity contribution < 1.29 is 13.2 Å². The molecule has 8 heteroatoms. The van der Waals surface area contributed by atoms with Crippen molar-refractivity contribution in [3.05, 3.63) is 60.2 Å². The molecule has 2 unspecified atom stereocenters. The highest BCUT2D eigenvalue weighted by atomic mass is 35.5. The number of halogens is 1. The van der Waals surface area contributed by atoms with Crippen LogP contribution < -0.4 is 15.4 Å². The van der Waals surface area contributed by atoms with E-state index < -0.39 is 10.0 Å². The zero-order valence-corrected chi connectivity index (χ0v) is 16.6. The molecule has 146 valence electrons. The minimum absolute atomic E-state index is 0. The molecule has 0 radical (unpaired) electrons. The Balaban J connectivity index is 0.00000261. The molecule has 2 aromatic carbocycles. The first kappa shape index (κ1) is 21.2. The maximum absolute atomic E-state index is 12.4. The molecule has 2 aromatic rings. The highest BCUT2D eigenvalue weighted by molar-refractivity contribution is 7.92. The third kappa shape index (κ3) is 5.45. The minimum Gasteiger partial charge on any atom is -0.349 e. The van der Waals surface area contributed by atoms with Crippen molar-refractivity contribution >= 4 is 34.0 Å². The van der Waals surface area contributed by atoms with Gasteiger partial charge in [0.2, 0.25) is 0 Å². The van der Waals surface area contributed by atoms with Crippen LogP contribution in [0.25, 0.3) is 0 Å². The zero-order valence-electron chi connectivity index (χ0n) is 15.0. The lowest BCUT2D eigenvalue weighted by atomic mass is 9.95. The van der Waals surface area contributed by atoms with E-state index in [4.69, 9.17) is 0 Å². The summed E-state index contributed by atoms with van der Waals surface area (Å²) in [5, 5.41) is 6.34. The highest BCUT2D eigenvalue weighted by Crippen LogP contribution is 2.17. The Kier molecular flexibility index (Phi) is 7.24. The summed E-state index contributed by atoms with van der Waals surface area (Å²) in [6, 6.07) is 14.8. The van der Waals surface area contributed by atoms with Crippen LogP contribution in [0.5, 0.6) is 0 Å². The van der Waals surface area contributed by atoms with Crippen LogP contribution in [0, 0.1) is 5.92 Å². The van der Waals surface area contributed by atoms with Crippen molar-refractivity contribution in [2.24, 2.45) is 5.92 Å². The first-order valence-electron chi connectivity index (χ1n) is 8.65. The molecule has 2 atom stereocenters. The van der Waals surface area contributed by atoms with E-state index in [1.165, 1.54) is 12.1 Å². The maximum atomic E-state index is 12.4. The lowest BCUT2D eigenvalue weighted by Gasteiger charge is -2.30. The number of carbonyl (C=O) groups excluding carboxylic acids is 1. The molecule has 3 rings (SSSR count). The minimum atomic E-state index is -3.68. The largest absolute Gasteiger partial charge is 0.349 e. The van der Waals surface area contributed by atoms with Gasteiger partial charge in [-0.25, -0.2) is 8.42 Å². The average Bonchev–Trinajstić information content (AvgIpc) is 2.64. The summed E-state index contributed by atoms with van der Waals surface area (Å²) in [4.78, 5) is 12.5. The Labute approximate surface area is 166 Å². The van der Waals surface area contributed by atoms with Gasteiger partial charge in [-0.15, -0.1) is 12.4 Å². The normalized spacial score (nSPS) is 19.6. The third-order valence-corrected chi connectivity index (χ3v) is 5.95. The molecule has 3 N–H and O–H groups in total. The van der Waals surface area contributed by atoms with E-state index in [-0.39, 0.29) is 29.3 Å². The molecule has 1 saturated heterocycles. The van der Waals surface area contributed by atoms with Crippen LogP contribution in [0.15, 0.2) is 59.5 Å². The number of rotatable bonds is 5. The van der Waals surface area contributed by atoms with Crippen molar-refractivity contribution in [3.63, 3.8) is 0 Å². The van der Waals surface area contributed by atoms with Gasteiger partial charge in [-0.2, -0.15) is 0 Å². The van der Waals surface area contributed by atoms with Crippen molar-refractivity contribution in [2.75, 3.05) is 17.8 Å². The molecular weight excluding hydrogens is 386 g/mol. The standard InChI is InChI=1S/C19H23N3O3S.ClH/c1-14-13-20-12-11-18(14)21-19(23)15-7-9-17(10-8-15)26(24,25)22-16-5-3-2-4-6-16;/h2-10,14,18,20,22H,11-13H2,1H3,(H,21,23);1H. The molecule has 0 bridgehead atoms. The summed E-state index contributed by atoms with van der Waals surface area (Å²) in [6.45, 7) is 3.87. The fourth-order valence-corrected chi connectivity index (χ4v) is 4.04. The van der Waals surface area contributed by atoms with E-state index in [1.807, 2.05) is 6.07 Å². The highest BCUT2D eigenvalue weighted by Gasteiger charge is 2.23. The Morgan fingerprint density at radius 3 is 2.37 bits per heavy atom. The number of sulfonamides is 1. The van der Waals surface area contributed by atoms with Gasteiger partial charge in [0.1, 0.15) is 0 Å². The molecule has 0 saturated carbocycles. The van der Waals surface area contributed by atoms with Crippen LogP contribution in [0.4, 0.5) is 5.69 Å².